The average Bonchev–Trinajstić information content (AvgIpc) is 3.23. The van der Waals surface area contributed by atoms with Crippen molar-refractivity contribution in [1.82, 2.24) is 20.4 Å². The van der Waals surface area contributed by atoms with E-state index in [-0.39, 0.29) is 12.1 Å². The van der Waals surface area contributed by atoms with Gasteiger partial charge in [0.15, 0.2) is 0 Å². The Morgan fingerprint density at radius 1 is 1.48 bits per heavy atom. The van der Waals surface area contributed by atoms with Crippen molar-refractivity contribution in [3.8, 4) is 0 Å². The van der Waals surface area contributed by atoms with Crippen molar-refractivity contribution in [2.45, 2.75) is 18.9 Å². The standard InChI is InChI=1S/C14H19N5OS/c20-14(18-11-8-16-17-9-11)15-10-12(13-4-3-7-21-13)19-5-1-2-6-19/h3-4,7-9,12H,1-2,5-6,10H2,(H,16,17)(H2,15,18,20)/t12-/m1/s1. The second-order valence-corrected chi connectivity index (χ2v) is 6.08. The summed E-state index contributed by atoms with van der Waals surface area (Å²) in [6.45, 7) is 2.82. The van der Waals surface area contributed by atoms with Crippen LogP contribution in [0.25, 0.3) is 0 Å². The van der Waals surface area contributed by atoms with Gasteiger partial charge in [-0.15, -0.1) is 11.3 Å². The maximum absolute atomic E-state index is 11.9. The van der Waals surface area contributed by atoms with Crippen LogP contribution in [0.3, 0.4) is 0 Å². The number of urea groups is 1. The zero-order chi connectivity index (χ0) is 14.5. The topological polar surface area (TPSA) is 73.1 Å². The Bertz CT molecular complexity index is 548. The molecule has 1 atom stereocenters. The normalized spacial score (nSPS) is 16.8. The number of carbonyl (C=O) groups is 1. The van der Waals surface area contributed by atoms with E-state index in [1.54, 1.807) is 23.7 Å². The summed E-state index contributed by atoms with van der Waals surface area (Å²) >= 11 is 1.75. The number of H-pyrrole nitrogens is 1. The van der Waals surface area contributed by atoms with Gasteiger partial charge in [-0.1, -0.05) is 6.07 Å². The molecule has 3 rings (SSSR count). The first-order valence-electron chi connectivity index (χ1n) is 7.14. The number of hydrogen-bond donors (Lipinski definition) is 3. The number of nitrogens with zero attached hydrogens (tertiary/aromatic N) is 2. The second-order valence-electron chi connectivity index (χ2n) is 5.10. The molecule has 7 heteroatoms. The predicted molar refractivity (Wildman–Crippen MR) is 83.5 cm³/mol. The van der Waals surface area contributed by atoms with E-state index in [9.17, 15) is 4.79 Å². The van der Waals surface area contributed by atoms with Gasteiger partial charge in [-0.2, -0.15) is 5.10 Å². The second kappa shape index (κ2) is 6.73. The van der Waals surface area contributed by atoms with E-state index in [1.165, 1.54) is 17.7 Å². The zero-order valence-corrected chi connectivity index (χ0v) is 12.5. The van der Waals surface area contributed by atoms with Crippen LogP contribution in [0.15, 0.2) is 29.9 Å². The Kier molecular flexibility index (Phi) is 4.52. The van der Waals surface area contributed by atoms with Crippen molar-refractivity contribution < 1.29 is 4.79 Å². The number of carbonyl (C=O) groups excluding carboxylic acids is 1. The fraction of sp³-hybridized carbons (Fsp3) is 0.429. The molecule has 0 saturated carbocycles. The minimum atomic E-state index is -0.197. The van der Waals surface area contributed by atoms with Crippen LogP contribution in [-0.2, 0) is 0 Å². The third-order valence-corrected chi connectivity index (χ3v) is 4.64. The molecule has 0 aromatic carbocycles. The number of aromatic nitrogens is 2. The fourth-order valence-corrected chi connectivity index (χ4v) is 3.49. The summed E-state index contributed by atoms with van der Waals surface area (Å²) in [6.07, 6.45) is 5.71. The van der Waals surface area contributed by atoms with Crippen LogP contribution in [0.4, 0.5) is 10.5 Å². The molecular weight excluding hydrogens is 286 g/mol. The summed E-state index contributed by atoms with van der Waals surface area (Å²) in [5, 5.41) is 14.3. The Hall–Kier alpha value is -1.86. The number of likely N-dealkylation sites (tertiary alicyclic amines) is 1. The molecule has 1 fully saturated rings. The first-order chi connectivity index (χ1) is 10.3. The van der Waals surface area contributed by atoms with Gasteiger partial charge in [-0.05, 0) is 37.4 Å². The monoisotopic (exact) mass is 305 g/mol. The van der Waals surface area contributed by atoms with Gasteiger partial charge >= 0.3 is 6.03 Å². The lowest BCUT2D eigenvalue weighted by Crippen LogP contribution is -2.38. The maximum Gasteiger partial charge on any atom is 0.319 e. The van der Waals surface area contributed by atoms with Crippen LogP contribution in [0.1, 0.15) is 23.8 Å². The number of anilines is 1. The van der Waals surface area contributed by atoms with Gasteiger partial charge < -0.3 is 10.6 Å². The van der Waals surface area contributed by atoms with Crippen LogP contribution in [0, 0.1) is 0 Å². The Labute approximate surface area is 127 Å². The van der Waals surface area contributed by atoms with Gasteiger partial charge in [-0.3, -0.25) is 10.00 Å². The Morgan fingerprint density at radius 2 is 2.33 bits per heavy atom. The average molecular weight is 305 g/mol. The number of hydrogen-bond acceptors (Lipinski definition) is 4. The first kappa shape index (κ1) is 14.1. The maximum atomic E-state index is 11.9. The lowest BCUT2D eigenvalue weighted by molar-refractivity contribution is 0.229. The van der Waals surface area contributed by atoms with Crippen molar-refractivity contribution in [1.29, 1.82) is 0 Å². The van der Waals surface area contributed by atoms with Crippen molar-refractivity contribution in [3.05, 3.63) is 34.8 Å². The molecule has 0 spiro atoms. The molecule has 2 aromatic heterocycles. The molecule has 2 amide bonds. The molecule has 1 aliphatic rings. The lowest BCUT2D eigenvalue weighted by atomic mass is 10.2. The zero-order valence-electron chi connectivity index (χ0n) is 11.7. The highest BCUT2D eigenvalue weighted by Crippen LogP contribution is 2.27. The third kappa shape index (κ3) is 3.62. The number of aromatic amines is 1. The summed E-state index contributed by atoms with van der Waals surface area (Å²) in [7, 11) is 0. The molecule has 0 radical (unpaired) electrons. The van der Waals surface area contributed by atoms with E-state index in [1.807, 2.05) is 0 Å². The highest BCUT2D eigenvalue weighted by atomic mass is 32.1. The molecule has 0 bridgehead atoms. The van der Waals surface area contributed by atoms with E-state index in [0.29, 0.717) is 12.2 Å². The van der Waals surface area contributed by atoms with Crippen molar-refractivity contribution in [2.75, 3.05) is 25.0 Å². The molecule has 3 heterocycles. The van der Waals surface area contributed by atoms with Gasteiger partial charge in [0, 0.05) is 17.6 Å². The molecule has 1 saturated heterocycles. The molecule has 0 unspecified atom stereocenters. The number of rotatable bonds is 5. The number of amides is 2. The minimum absolute atomic E-state index is 0.197. The van der Waals surface area contributed by atoms with Crippen LogP contribution in [0.2, 0.25) is 0 Å². The molecule has 112 valence electrons. The summed E-state index contributed by atoms with van der Waals surface area (Å²) in [5.41, 5.74) is 0.668. The van der Waals surface area contributed by atoms with Gasteiger partial charge in [0.25, 0.3) is 0 Å². The Morgan fingerprint density at radius 3 is 3.00 bits per heavy atom. The Balaban J connectivity index is 1.58. The summed E-state index contributed by atoms with van der Waals surface area (Å²) < 4.78 is 0. The van der Waals surface area contributed by atoms with Gasteiger partial charge in [0.1, 0.15) is 0 Å². The van der Waals surface area contributed by atoms with Crippen LogP contribution in [0.5, 0.6) is 0 Å². The van der Waals surface area contributed by atoms with Crippen molar-refractivity contribution >= 4 is 23.1 Å². The minimum Gasteiger partial charge on any atom is -0.336 e. The third-order valence-electron chi connectivity index (χ3n) is 3.67. The molecule has 0 aliphatic carbocycles. The first-order valence-corrected chi connectivity index (χ1v) is 8.02. The summed E-state index contributed by atoms with van der Waals surface area (Å²) in [4.78, 5) is 15.7. The van der Waals surface area contributed by atoms with E-state index in [2.05, 4.69) is 43.2 Å². The van der Waals surface area contributed by atoms with Crippen molar-refractivity contribution in [2.24, 2.45) is 0 Å². The van der Waals surface area contributed by atoms with E-state index in [0.717, 1.165) is 13.1 Å². The molecule has 1 aliphatic heterocycles. The largest absolute Gasteiger partial charge is 0.336 e. The van der Waals surface area contributed by atoms with E-state index >= 15 is 0 Å². The fourth-order valence-electron chi connectivity index (χ4n) is 2.63. The lowest BCUT2D eigenvalue weighted by Gasteiger charge is -2.26. The van der Waals surface area contributed by atoms with Gasteiger partial charge in [-0.25, -0.2) is 4.79 Å². The summed E-state index contributed by atoms with van der Waals surface area (Å²) in [6, 6.07) is 4.28. The molecule has 2 aromatic rings. The van der Waals surface area contributed by atoms with Crippen LogP contribution >= 0.6 is 11.3 Å². The van der Waals surface area contributed by atoms with Gasteiger partial charge in [0.2, 0.25) is 0 Å². The molecular formula is C14H19N5OS. The number of nitrogens with one attached hydrogen (secondary N) is 3. The summed E-state index contributed by atoms with van der Waals surface area (Å²) in [5.74, 6) is 0. The molecule has 6 nitrogen and oxygen atoms in total. The van der Waals surface area contributed by atoms with Crippen molar-refractivity contribution in [3.63, 3.8) is 0 Å². The van der Waals surface area contributed by atoms with Crippen LogP contribution < -0.4 is 10.6 Å². The molecule has 21 heavy (non-hydrogen) atoms. The van der Waals surface area contributed by atoms with E-state index in [4.69, 9.17) is 0 Å². The predicted octanol–water partition coefficient (Wildman–Crippen LogP) is 2.43. The molecule has 3 N–H and O–H groups in total. The SMILES string of the molecule is O=C(NC[C@H](c1cccs1)N1CCCC1)Nc1cn[nH]c1. The van der Waals surface area contributed by atoms with Gasteiger partial charge in [0.05, 0.1) is 17.9 Å². The van der Waals surface area contributed by atoms with E-state index < -0.39 is 0 Å². The highest BCUT2D eigenvalue weighted by molar-refractivity contribution is 7.10. The quantitative estimate of drug-likeness (QED) is 0.794. The van der Waals surface area contributed by atoms with Crippen LogP contribution in [-0.4, -0.2) is 40.8 Å². The smallest absolute Gasteiger partial charge is 0.319 e. The number of thiophene rings is 1. The highest BCUT2D eigenvalue weighted by Gasteiger charge is 2.24.